The first-order valence-electron chi connectivity index (χ1n) is 6.17. The second-order valence-corrected chi connectivity index (χ2v) is 4.14. The van der Waals surface area contributed by atoms with E-state index in [1.54, 1.807) is 12.1 Å². The van der Waals surface area contributed by atoms with Crippen molar-refractivity contribution in [2.24, 2.45) is 0 Å². The van der Waals surface area contributed by atoms with Crippen molar-refractivity contribution in [1.82, 2.24) is 4.98 Å². The molecule has 4 heteroatoms. The topological polar surface area (TPSA) is 64.1 Å². The van der Waals surface area contributed by atoms with Crippen molar-refractivity contribution in [2.45, 2.75) is 6.42 Å². The number of H-pyrrole nitrogens is 2. The standard InChI is InChI=1S/C11H8NO2.C5H5N/c13-6-5-8-1-3-10-9(7-8)2-4-11(14)12-10;1-2-4-6-5-3-1/h1-4,7H,5H2,(H,12,14);1-5H/q-1;/p+1. The van der Waals surface area contributed by atoms with Crippen LogP contribution in [-0.4, -0.2) is 11.3 Å². The third kappa shape index (κ3) is 3.88. The average molecular weight is 266 g/mol. The monoisotopic (exact) mass is 266 g/mol. The van der Waals surface area contributed by atoms with E-state index in [0.717, 1.165) is 16.5 Å². The van der Waals surface area contributed by atoms with Gasteiger partial charge < -0.3 is 9.78 Å². The maximum atomic E-state index is 11.0. The zero-order valence-corrected chi connectivity index (χ0v) is 10.8. The van der Waals surface area contributed by atoms with Crippen LogP contribution in [0.15, 0.2) is 65.7 Å². The van der Waals surface area contributed by atoms with Gasteiger partial charge in [0.1, 0.15) is 0 Å². The van der Waals surface area contributed by atoms with Crippen molar-refractivity contribution in [3.8, 4) is 0 Å². The molecule has 0 radical (unpaired) electrons. The molecule has 0 saturated heterocycles. The lowest BCUT2D eigenvalue weighted by Crippen LogP contribution is -2.02. The summed E-state index contributed by atoms with van der Waals surface area (Å²) in [4.78, 5) is 26.8. The Hall–Kier alpha value is -2.75. The van der Waals surface area contributed by atoms with E-state index < -0.39 is 0 Å². The highest BCUT2D eigenvalue weighted by molar-refractivity contribution is 5.79. The number of hydrogen-bond acceptors (Lipinski definition) is 2. The maximum Gasteiger partial charge on any atom is 0.248 e. The fourth-order valence-corrected chi connectivity index (χ4v) is 1.74. The molecule has 0 spiro atoms. The first-order chi connectivity index (χ1) is 9.79. The summed E-state index contributed by atoms with van der Waals surface area (Å²) in [6.07, 6.45) is 5.87. The van der Waals surface area contributed by atoms with Crippen LogP contribution >= 0.6 is 0 Å². The molecule has 0 bridgehead atoms. The zero-order chi connectivity index (χ0) is 14.2. The lowest BCUT2D eigenvalue weighted by atomic mass is 10.1. The summed E-state index contributed by atoms with van der Waals surface area (Å²) >= 11 is 0. The number of nitrogens with one attached hydrogen (secondary N) is 2. The van der Waals surface area contributed by atoms with Gasteiger partial charge in [-0.1, -0.05) is 23.8 Å². The molecule has 0 aliphatic heterocycles. The minimum atomic E-state index is -0.118. The van der Waals surface area contributed by atoms with Gasteiger partial charge in [0.05, 0.1) is 0 Å². The molecule has 0 aliphatic rings. The number of aromatic amines is 2. The number of benzene rings is 1. The summed E-state index contributed by atoms with van der Waals surface area (Å²) in [5.41, 5.74) is 1.57. The van der Waals surface area contributed by atoms with Crippen molar-refractivity contribution in [1.29, 1.82) is 0 Å². The second-order valence-electron chi connectivity index (χ2n) is 4.14. The van der Waals surface area contributed by atoms with Gasteiger partial charge in [0.25, 0.3) is 0 Å². The minimum absolute atomic E-state index is 0.118. The zero-order valence-electron chi connectivity index (χ0n) is 10.8. The quantitative estimate of drug-likeness (QED) is 0.717. The first kappa shape index (κ1) is 13.7. The molecule has 0 fully saturated rings. The fourth-order valence-electron chi connectivity index (χ4n) is 1.74. The Kier molecular flexibility index (Phi) is 4.78. The molecule has 0 aliphatic carbocycles. The van der Waals surface area contributed by atoms with Crippen molar-refractivity contribution >= 4 is 17.2 Å². The van der Waals surface area contributed by atoms with Gasteiger partial charge in [-0.25, -0.2) is 4.98 Å². The van der Waals surface area contributed by atoms with Crippen LogP contribution in [0.5, 0.6) is 0 Å². The lowest BCUT2D eigenvalue weighted by Gasteiger charge is -2.03. The largest absolute Gasteiger partial charge is 0.541 e. The molecule has 4 nitrogen and oxygen atoms in total. The van der Waals surface area contributed by atoms with Gasteiger partial charge in [-0.2, -0.15) is 0 Å². The molecular weight excluding hydrogens is 252 g/mol. The highest BCUT2D eigenvalue weighted by atomic mass is 16.1. The second kappa shape index (κ2) is 6.99. The Morgan fingerprint density at radius 2 is 1.85 bits per heavy atom. The van der Waals surface area contributed by atoms with E-state index in [-0.39, 0.29) is 12.0 Å². The number of pyridine rings is 2. The van der Waals surface area contributed by atoms with E-state index in [4.69, 9.17) is 0 Å². The summed E-state index contributed by atoms with van der Waals surface area (Å²) in [6.45, 7) is 0. The Bertz CT molecular complexity index is 709. The molecule has 3 aromatic rings. The van der Waals surface area contributed by atoms with Crippen LogP contribution in [0.1, 0.15) is 5.56 Å². The first-order valence-corrected chi connectivity index (χ1v) is 6.17. The molecule has 1 aromatic carbocycles. The number of hydrogen-bond donors (Lipinski definition) is 1. The van der Waals surface area contributed by atoms with Crippen LogP contribution < -0.4 is 10.5 Å². The molecule has 0 unspecified atom stereocenters. The molecule has 20 heavy (non-hydrogen) atoms. The molecule has 3 rings (SSSR count). The van der Waals surface area contributed by atoms with Crippen LogP contribution in [0, 0.1) is 0 Å². The van der Waals surface area contributed by atoms with Crippen LogP contribution in [0.3, 0.4) is 0 Å². The third-order valence-electron chi connectivity index (χ3n) is 2.67. The maximum absolute atomic E-state index is 11.0. The molecule has 0 amide bonds. The summed E-state index contributed by atoms with van der Waals surface area (Å²) in [5, 5.41) is 0.928. The number of aromatic nitrogens is 2. The minimum Gasteiger partial charge on any atom is -0.541 e. The molecule has 2 N–H and O–H groups in total. The smallest absolute Gasteiger partial charge is 0.248 e. The Morgan fingerprint density at radius 3 is 2.45 bits per heavy atom. The van der Waals surface area contributed by atoms with Gasteiger partial charge in [-0.15, -0.1) is 6.42 Å². The van der Waals surface area contributed by atoms with E-state index in [2.05, 4.69) is 9.97 Å². The van der Waals surface area contributed by atoms with Crippen molar-refractivity contribution in [3.05, 3.63) is 76.8 Å². The van der Waals surface area contributed by atoms with E-state index in [1.165, 1.54) is 6.07 Å². The van der Waals surface area contributed by atoms with Gasteiger partial charge in [0.2, 0.25) is 5.56 Å². The van der Waals surface area contributed by atoms with Gasteiger partial charge >= 0.3 is 0 Å². The predicted octanol–water partition coefficient (Wildman–Crippen LogP) is 1.68. The van der Waals surface area contributed by atoms with E-state index in [0.29, 0.717) is 0 Å². The summed E-state index contributed by atoms with van der Waals surface area (Å²) < 4.78 is 0. The SMILES string of the molecule is O=[C-]Cc1ccc2[nH]c(=O)ccc2c1.c1cc[nH+]cc1. The molecule has 2 aromatic heterocycles. The normalized spacial score (nSPS) is 9.60. The summed E-state index contributed by atoms with van der Waals surface area (Å²) in [6, 6.07) is 14.5. The molecular formula is C16H14N2O2. The molecule has 0 saturated carbocycles. The molecule has 2 heterocycles. The fraction of sp³-hybridized carbons (Fsp3) is 0.0625. The van der Waals surface area contributed by atoms with Gasteiger partial charge in [-0.05, 0) is 17.5 Å². The highest BCUT2D eigenvalue weighted by Gasteiger charge is 1.93. The summed E-state index contributed by atoms with van der Waals surface area (Å²) in [5.74, 6) is 0. The number of fused-ring (bicyclic) bond motifs is 1. The average Bonchev–Trinajstić information content (AvgIpc) is 2.50. The molecule has 0 atom stereocenters. The van der Waals surface area contributed by atoms with Gasteiger partial charge in [-0.3, -0.25) is 11.1 Å². The Labute approximate surface area is 116 Å². The highest BCUT2D eigenvalue weighted by Crippen LogP contribution is 2.11. The van der Waals surface area contributed by atoms with Crippen molar-refractivity contribution < 1.29 is 9.78 Å². The Morgan fingerprint density at radius 1 is 1.05 bits per heavy atom. The van der Waals surface area contributed by atoms with Crippen LogP contribution in [-0.2, 0) is 11.2 Å². The van der Waals surface area contributed by atoms with Crippen LogP contribution in [0.2, 0.25) is 0 Å². The summed E-state index contributed by atoms with van der Waals surface area (Å²) in [7, 11) is 0. The van der Waals surface area contributed by atoms with E-state index >= 15 is 0 Å². The van der Waals surface area contributed by atoms with Gasteiger partial charge in [0, 0.05) is 23.7 Å². The van der Waals surface area contributed by atoms with Crippen molar-refractivity contribution in [3.63, 3.8) is 0 Å². The van der Waals surface area contributed by atoms with E-state index in [1.807, 2.05) is 49.0 Å². The number of rotatable bonds is 2. The van der Waals surface area contributed by atoms with E-state index in [9.17, 15) is 9.59 Å². The van der Waals surface area contributed by atoms with Crippen molar-refractivity contribution in [2.75, 3.05) is 0 Å². The lowest BCUT2D eigenvalue weighted by molar-refractivity contribution is -0.377. The van der Waals surface area contributed by atoms with Crippen LogP contribution in [0.25, 0.3) is 10.9 Å². The molecule has 100 valence electrons. The predicted molar refractivity (Wildman–Crippen MR) is 77.0 cm³/mol. The van der Waals surface area contributed by atoms with Gasteiger partial charge in [0.15, 0.2) is 12.4 Å². The Balaban J connectivity index is 0.000000205. The third-order valence-corrected chi connectivity index (χ3v) is 2.67. The number of carbonyl (C=O) groups excluding carboxylic acids is 1. The van der Waals surface area contributed by atoms with Crippen LogP contribution in [0.4, 0.5) is 0 Å².